The second-order valence-electron chi connectivity index (χ2n) is 6.96. The summed E-state index contributed by atoms with van der Waals surface area (Å²) in [6, 6.07) is 6.59. The molecule has 2 amide bonds. The van der Waals surface area contributed by atoms with Crippen molar-refractivity contribution in [2.75, 3.05) is 5.32 Å². The molecule has 0 radical (unpaired) electrons. The van der Waals surface area contributed by atoms with Gasteiger partial charge in [-0.1, -0.05) is 26.0 Å². The van der Waals surface area contributed by atoms with E-state index < -0.39 is 30.0 Å². The third-order valence-corrected chi connectivity index (χ3v) is 4.08. The molecule has 0 bridgehead atoms. The van der Waals surface area contributed by atoms with Gasteiger partial charge in [0.1, 0.15) is 11.6 Å². The SMILES string of the molecule is CC(C)C(=O)Nc1cc(C(=O)N[C@H](C)c2cccc(OC(F)(F)C(F)(F)F)c2)ccn1. The van der Waals surface area contributed by atoms with Gasteiger partial charge < -0.3 is 15.4 Å². The molecule has 0 aliphatic carbocycles. The van der Waals surface area contributed by atoms with Gasteiger partial charge >= 0.3 is 12.3 Å². The van der Waals surface area contributed by atoms with Crippen molar-refractivity contribution in [3.8, 4) is 5.75 Å². The van der Waals surface area contributed by atoms with Crippen LogP contribution >= 0.6 is 0 Å². The molecule has 1 aromatic carbocycles. The summed E-state index contributed by atoms with van der Waals surface area (Å²) in [4.78, 5) is 28.2. The highest BCUT2D eigenvalue weighted by atomic mass is 19.4. The Kier molecular flexibility index (Phi) is 7.19. The predicted octanol–water partition coefficient (Wildman–Crippen LogP) is 4.70. The lowest BCUT2D eigenvalue weighted by Crippen LogP contribution is -2.41. The zero-order valence-corrected chi connectivity index (χ0v) is 16.8. The largest absolute Gasteiger partial charge is 0.499 e. The summed E-state index contributed by atoms with van der Waals surface area (Å²) in [6.07, 6.45) is -9.90. The van der Waals surface area contributed by atoms with Crippen LogP contribution in [-0.4, -0.2) is 29.1 Å². The van der Waals surface area contributed by atoms with Crippen LogP contribution in [0.5, 0.6) is 5.75 Å². The molecule has 0 aliphatic rings. The third-order valence-electron chi connectivity index (χ3n) is 4.08. The third kappa shape index (κ3) is 6.37. The number of halogens is 5. The number of pyridine rings is 1. The number of amides is 2. The number of alkyl halides is 5. The number of anilines is 1. The number of nitrogens with zero attached hydrogens (tertiary/aromatic N) is 1. The molecule has 0 saturated carbocycles. The molecule has 0 fully saturated rings. The highest BCUT2D eigenvalue weighted by Gasteiger charge is 2.61. The van der Waals surface area contributed by atoms with Crippen molar-refractivity contribution in [1.29, 1.82) is 0 Å². The number of nitrogens with one attached hydrogen (secondary N) is 2. The Morgan fingerprint density at radius 3 is 2.32 bits per heavy atom. The molecule has 0 spiro atoms. The maximum Gasteiger partial charge on any atom is 0.499 e. The number of aromatic nitrogens is 1. The number of carbonyl (C=O) groups excluding carboxylic acids is 2. The highest BCUT2D eigenvalue weighted by molar-refractivity contribution is 5.97. The van der Waals surface area contributed by atoms with E-state index >= 15 is 0 Å². The van der Waals surface area contributed by atoms with Crippen molar-refractivity contribution in [2.45, 2.75) is 39.1 Å². The Morgan fingerprint density at radius 2 is 1.71 bits per heavy atom. The lowest BCUT2D eigenvalue weighted by Gasteiger charge is -2.21. The van der Waals surface area contributed by atoms with E-state index in [1.54, 1.807) is 13.8 Å². The Bertz CT molecular complexity index is 948. The summed E-state index contributed by atoms with van der Waals surface area (Å²) < 4.78 is 67.0. The van der Waals surface area contributed by atoms with Crippen LogP contribution in [-0.2, 0) is 4.79 Å². The van der Waals surface area contributed by atoms with Crippen molar-refractivity contribution in [3.05, 3.63) is 53.7 Å². The van der Waals surface area contributed by atoms with E-state index in [4.69, 9.17) is 0 Å². The first-order chi connectivity index (χ1) is 14.3. The molecule has 168 valence electrons. The maximum absolute atomic E-state index is 13.1. The smallest absolute Gasteiger partial charge is 0.426 e. The minimum atomic E-state index is -5.87. The maximum atomic E-state index is 13.1. The quantitative estimate of drug-likeness (QED) is 0.606. The molecule has 0 saturated heterocycles. The Balaban J connectivity index is 2.11. The fourth-order valence-electron chi connectivity index (χ4n) is 2.33. The fraction of sp³-hybridized carbons (Fsp3) is 0.350. The molecule has 11 heteroatoms. The van der Waals surface area contributed by atoms with Gasteiger partial charge in [0, 0.05) is 17.7 Å². The molecule has 1 aromatic heterocycles. The molecule has 1 atom stereocenters. The summed E-state index contributed by atoms with van der Waals surface area (Å²) in [6.45, 7) is 4.90. The van der Waals surface area contributed by atoms with Gasteiger partial charge in [0.05, 0.1) is 6.04 Å². The van der Waals surface area contributed by atoms with Crippen LogP contribution in [0.25, 0.3) is 0 Å². The second kappa shape index (κ2) is 9.27. The van der Waals surface area contributed by atoms with Crippen LogP contribution in [0.3, 0.4) is 0 Å². The van der Waals surface area contributed by atoms with Crippen molar-refractivity contribution < 1.29 is 36.3 Å². The lowest BCUT2D eigenvalue weighted by molar-refractivity contribution is -0.360. The molecule has 31 heavy (non-hydrogen) atoms. The van der Waals surface area contributed by atoms with Crippen LogP contribution in [0.1, 0.15) is 42.7 Å². The lowest BCUT2D eigenvalue weighted by atomic mass is 10.1. The number of hydrogen-bond donors (Lipinski definition) is 2. The molecule has 6 nitrogen and oxygen atoms in total. The molecule has 2 N–H and O–H groups in total. The van der Waals surface area contributed by atoms with Crippen LogP contribution in [0.4, 0.5) is 27.8 Å². The molecule has 2 rings (SSSR count). The van der Waals surface area contributed by atoms with Gasteiger partial charge in [-0.05, 0) is 36.8 Å². The summed E-state index contributed by atoms with van der Waals surface area (Å²) >= 11 is 0. The number of carbonyl (C=O) groups is 2. The zero-order chi connectivity index (χ0) is 23.4. The first-order valence-corrected chi connectivity index (χ1v) is 9.11. The second-order valence-corrected chi connectivity index (χ2v) is 6.96. The molecular formula is C20H20F5N3O3. The topological polar surface area (TPSA) is 80.3 Å². The predicted molar refractivity (Wildman–Crippen MR) is 102 cm³/mol. The van der Waals surface area contributed by atoms with E-state index in [1.807, 2.05) is 0 Å². The van der Waals surface area contributed by atoms with E-state index in [9.17, 15) is 31.5 Å². The van der Waals surface area contributed by atoms with Crippen LogP contribution in [0, 0.1) is 5.92 Å². The van der Waals surface area contributed by atoms with Crippen LogP contribution in [0.2, 0.25) is 0 Å². The Labute approximate surface area is 174 Å². The van der Waals surface area contributed by atoms with E-state index in [0.717, 1.165) is 12.1 Å². The zero-order valence-electron chi connectivity index (χ0n) is 16.8. The van der Waals surface area contributed by atoms with Gasteiger partial charge in [0.25, 0.3) is 5.91 Å². The van der Waals surface area contributed by atoms with Gasteiger partial charge in [-0.15, -0.1) is 0 Å². The molecule has 0 aliphatic heterocycles. The van der Waals surface area contributed by atoms with Crippen molar-refractivity contribution in [2.24, 2.45) is 5.92 Å². The summed E-state index contributed by atoms with van der Waals surface area (Å²) in [7, 11) is 0. The van der Waals surface area contributed by atoms with Crippen LogP contribution in [0.15, 0.2) is 42.6 Å². The van der Waals surface area contributed by atoms with E-state index in [2.05, 4.69) is 20.4 Å². The number of ether oxygens (including phenoxy) is 1. The van der Waals surface area contributed by atoms with Gasteiger partial charge in [0.2, 0.25) is 5.91 Å². The van der Waals surface area contributed by atoms with Crippen molar-refractivity contribution in [3.63, 3.8) is 0 Å². The monoisotopic (exact) mass is 445 g/mol. The Morgan fingerprint density at radius 1 is 1.03 bits per heavy atom. The molecule has 1 heterocycles. The fourth-order valence-corrected chi connectivity index (χ4v) is 2.33. The number of benzene rings is 1. The van der Waals surface area contributed by atoms with Crippen molar-refractivity contribution in [1.82, 2.24) is 10.3 Å². The standard InChI is InChI=1S/C20H20F5N3O3/c1-11(2)17(29)28-16-10-14(7-8-26-16)18(30)27-12(3)13-5-4-6-15(9-13)31-20(24,25)19(21,22)23/h4-12H,1-3H3,(H,27,30)(H,26,28,29)/t12-/m1/s1. The van der Waals surface area contributed by atoms with Gasteiger partial charge in [0.15, 0.2) is 0 Å². The first kappa shape index (κ1) is 24.0. The van der Waals surface area contributed by atoms with Gasteiger partial charge in [-0.2, -0.15) is 22.0 Å². The normalized spacial score (nSPS) is 12.9. The average molecular weight is 445 g/mol. The average Bonchev–Trinajstić information content (AvgIpc) is 2.67. The van der Waals surface area contributed by atoms with Crippen molar-refractivity contribution >= 4 is 17.6 Å². The molecule has 0 unspecified atom stereocenters. The first-order valence-electron chi connectivity index (χ1n) is 9.11. The van der Waals surface area contributed by atoms with Gasteiger partial charge in [-0.3, -0.25) is 9.59 Å². The molecular weight excluding hydrogens is 425 g/mol. The Hall–Kier alpha value is -3.24. The summed E-state index contributed by atoms with van der Waals surface area (Å²) in [5.41, 5.74) is 0.406. The van der Waals surface area contributed by atoms with Gasteiger partial charge in [-0.25, -0.2) is 4.98 Å². The van der Waals surface area contributed by atoms with E-state index in [0.29, 0.717) is 0 Å². The van der Waals surface area contributed by atoms with Crippen LogP contribution < -0.4 is 15.4 Å². The van der Waals surface area contributed by atoms with E-state index in [1.165, 1.54) is 37.4 Å². The summed E-state index contributed by atoms with van der Waals surface area (Å²) in [5.74, 6) is -1.68. The molecule has 2 aromatic rings. The van der Waals surface area contributed by atoms with E-state index in [-0.39, 0.29) is 28.8 Å². The number of hydrogen-bond acceptors (Lipinski definition) is 4. The minimum Gasteiger partial charge on any atom is -0.426 e. The number of rotatable bonds is 7. The minimum absolute atomic E-state index is 0.164. The summed E-state index contributed by atoms with van der Waals surface area (Å²) in [5, 5.41) is 5.14. The highest BCUT2D eigenvalue weighted by Crippen LogP contribution is 2.37.